The summed E-state index contributed by atoms with van der Waals surface area (Å²) in [5.74, 6) is 1.68. The molecule has 0 aromatic carbocycles. The highest BCUT2D eigenvalue weighted by atomic mass is 16.5. The van der Waals surface area contributed by atoms with Crippen LogP contribution in [-0.2, 0) is 11.3 Å². The summed E-state index contributed by atoms with van der Waals surface area (Å²) in [6, 6.07) is 0. The van der Waals surface area contributed by atoms with E-state index in [2.05, 4.69) is 30.8 Å². The van der Waals surface area contributed by atoms with E-state index >= 15 is 0 Å². The topological polar surface area (TPSA) is 73.4 Å². The number of nitrogen functional groups attached to an aromatic ring is 1. The second-order valence-corrected chi connectivity index (χ2v) is 6.34. The Labute approximate surface area is 126 Å². The molecule has 1 atom stereocenters. The SMILES string of the molecule is COC(=O)c1c(N2CCCC(C)C2)nn(CC(C)C)c1N. The van der Waals surface area contributed by atoms with Gasteiger partial charge in [0.1, 0.15) is 11.4 Å². The number of anilines is 2. The van der Waals surface area contributed by atoms with E-state index in [1.807, 2.05) is 0 Å². The number of rotatable bonds is 4. The van der Waals surface area contributed by atoms with Gasteiger partial charge in [-0.1, -0.05) is 20.8 Å². The molecule has 2 N–H and O–H groups in total. The molecule has 0 spiro atoms. The molecular formula is C15H26N4O2. The summed E-state index contributed by atoms with van der Waals surface area (Å²) in [6.07, 6.45) is 2.32. The summed E-state index contributed by atoms with van der Waals surface area (Å²) in [7, 11) is 1.38. The predicted molar refractivity (Wildman–Crippen MR) is 83.4 cm³/mol. The van der Waals surface area contributed by atoms with E-state index < -0.39 is 5.97 Å². The maximum atomic E-state index is 12.1. The molecule has 1 unspecified atom stereocenters. The Balaban J connectivity index is 2.40. The number of carbonyl (C=O) groups is 1. The van der Waals surface area contributed by atoms with E-state index in [1.165, 1.54) is 13.5 Å². The summed E-state index contributed by atoms with van der Waals surface area (Å²) in [4.78, 5) is 14.3. The van der Waals surface area contributed by atoms with Crippen LogP contribution in [0.25, 0.3) is 0 Å². The van der Waals surface area contributed by atoms with Gasteiger partial charge in [-0.2, -0.15) is 5.10 Å². The van der Waals surface area contributed by atoms with Crippen molar-refractivity contribution in [3.05, 3.63) is 5.56 Å². The lowest BCUT2D eigenvalue weighted by molar-refractivity contribution is 0.0602. The third-order valence-electron chi connectivity index (χ3n) is 3.86. The highest BCUT2D eigenvalue weighted by Gasteiger charge is 2.29. The molecular weight excluding hydrogens is 268 g/mol. The molecule has 0 radical (unpaired) electrons. The first-order chi connectivity index (χ1) is 9.93. The van der Waals surface area contributed by atoms with Gasteiger partial charge in [-0.3, -0.25) is 0 Å². The maximum Gasteiger partial charge on any atom is 0.345 e. The van der Waals surface area contributed by atoms with Crippen LogP contribution in [0.4, 0.5) is 11.6 Å². The van der Waals surface area contributed by atoms with E-state index in [1.54, 1.807) is 4.68 Å². The highest BCUT2D eigenvalue weighted by molar-refractivity contribution is 5.99. The Morgan fingerprint density at radius 1 is 1.52 bits per heavy atom. The minimum Gasteiger partial charge on any atom is -0.465 e. The number of nitrogens with two attached hydrogens (primary N) is 1. The van der Waals surface area contributed by atoms with Crippen LogP contribution >= 0.6 is 0 Å². The minimum absolute atomic E-state index is 0.406. The molecule has 2 rings (SSSR count). The number of carbonyl (C=O) groups excluding carboxylic acids is 1. The number of hydrogen-bond acceptors (Lipinski definition) is 5. The van der Waals surface area contributed by atoms with Crippen molar-refractivity contribution in [1.29, 1.82) is 0 Å². The lowest BCUT2D eigenvalue weighted by atomic mass is 10.00. The molecule has 0 amide bonds. The van der Waals surface area contributed by atoms with Crippen LogP contribution in [0.3, 0.4) is 0 Å². The number of nitrogens with zero attached hydrogens (tertiary/aromatic N) is 3. The average molecular weight is 294 g/mol. The number of hydrogen-bond donors (Lipinski definition) is 1. The van der Waals surface area contributed by atoms with Crippen LogP contribution < -0.4 is 10.6 Å². The van der Waals surface area contributed by atoms with E-state index in [9.17, 15) is 4.79 Å². The van der Waals surface area contributed by atoms with E-state index in [4.69, 9.17) is 10.5 Å². The smallest absolute Gasteiger partial charge is 0.345 e. The average Bonchev–Trinajstić information content (AvgIpc) is 2.75. The molecule has 1 saturated heterocycles. The van der Waals surface area contributed by atoms with Crippen LogP contribution in [0.15, 0.2) is 0 Å². The summed E-state index contributed by atoms with van der Waals surface area (Å²) in [6.45, 7) is 8.93. The highest BCUT2D eigenvalue weighted by Crippen LogP contribution is 2.30. The Bertz CT molecular complexity index is 510. The van der Waals surface area contributed by atoms with Crippen LogP contribution in [-0.4, -0.2) is 35.9 Å². The second-order valence-electron chi connectivity index (χ2n) is 6.34. The Morgan fingerprint density at radius 3 is 2.81 bits per heavy atom. The summed E-state index contributed by atoms with van der Waals surface area (Å²) in [5.41, 5.74) is 6.55. The first-order valence-corrected chi connectivity index (χ1v) is 7.63. The van der Waals surface area contributed by atoms with Gasteiger partial charge in [0.25, 0.3) is 0 Å². The molecule has 1 aliphatic heterocycles. The summed E-state index contributed by atoms with van der Waals surface area (Å²) >= 11 is 0. The Morgan fingerprint density at radius 2 is 2.24 bits per heavy atom. The first kappa shape index (κ1) is 15.7. The van der Waals surface area contributed by atoms with Crippen molar-refractivity contribution in [3.63, 3.8) is 0 Å². The molecule has 6 nitrogen and oxygen atoms in total. The fraction of sp³-hybridized carbons (Fsp3) is 0.733. The van der Waals surface area contributed by atoms with Crippen molar-refractivity contribution in [2.45, 2.75) is 40.2 Å². The fourth-order valence-electron chi connectivity index (χ4n) is 2.85. The lowest BCUT2D eigenvalue weighted by Crippen LogP contribution is -2.35. The molecule has 2 heterocycles. The number of esters is 1. The Kier molecular flexibility index (Phi) is 4.75. The third kappa shape index (κ3) is 3.31. The molecule has 1 aliphatic rings. The van der Waals surface area contributed by atoms with Gasteiger partial charge in [-0.15, -0.1) is 0 Å². The quantitative estimate of drug-likeness (QED) is 0.861. The van der Waals surface area contributed by atoms with E-state index in [0.29, 0.717) is 35.6 Å². The van der Waals surface area contributed by atoms with Gasteiger partial charge < -0.3 is 15.4 Å². The van der Waals surface area contributed by atoms with Crippen molar-refractivity contribution < 1.29 is 9.53 Å². The summed E-state index contributed by atoms with van der Waals surface area (Å²) < 4.78 is 6.62. The van der Waals surface area contributed by atoms with E-state index in [0.717, 1.165) is 19.5 Å². The third-order valence-corrected chi connectivity index (χ3v) is 3.86. The standard InChI is InChI=1S/C15H26N4O2/c1-10(2)8-19-13(16)12(15(20)21-4)14(17-19)18-7-5-6-11(3)9-18/h10-11H,5-9,16H2,1-4H3. The normalized spacial score (nSPS) is 19.1. The van der Waals surface area contributed by atoms with Crippen molar-refractivity contribution >= 4 is 17.6 Å². The molecule has 0 aliphatic carbocycles. The largest absolute Gasteiger partial charge is 0.465 e. The van der Waals surface area contributed by atoms with Crippen LogP contribution in [0.5, 0.6) is 0 Å². The van der Waals surface area contributed by atoms with Gasteiger partial charge in [0.05, 0.1) is 7.11 Å². The number of ether oxygens (including phenoxy) is 1. The van der Waals surface area contributed by atoms with Gasteiger partial charge in [0.15, 0.2) is 5.82 Å². The van der Waals surface area contributed by atoms with Gasteiger partial charge in [0.2, 0.25) is 0 Å². The molecule has 6 heteroatoms. The summed E-state index contributed by atoms with van der Waals surface area (Å²) in [5, 5.41) is 4.59. The van der Waals surface area contributed by atoms with Gasteiger partial charge in [0, 0.05) is 19.6 Å². The zero-order valence-electron chi connectivity index (χ0n) is 13.4. The van der Waals surface area contributed by atoms with Crippen molar-refractivity contribution in [2.75, 3.05) is 30.8 Å². The molecule has 21 heavy (non-hydrogen) atoms. The van der Waals surface area contributed by atoms with Crippen LogP contribution in [0, 0.1) is 11.8 Å². The number of aromatic nitrogens is 2. The second kappa shape index (κ2) is 6.37. The first-order valence-electron chi connectivity index (χ1n) is 7.63. The molecule has 0 bridgehead atoms. The van der Waals surface area contributed by atoms with Crippen LogP contribution in [0.1, 0.15) is 44.0 Å². The monoisotopic (exact) mass is 294 g/mol. The maximum absolute atomic E-state index is 12.1. The van der Waals surface area contributed by atoms with Crippen LogP contribution in [0.2, 0.25) is 0 Å². The Hall–Kier alpha value is -1.72. The lowest BCUT2D eigenvalue weighted by Gasteiger charge is -2.31. The zero-order valence-corrected chi connectivity index (χ0v) is 13.4. The fourth-order valence-corrected chi connectivity index (χ4v) is 2.85. The molecule has 118 valence electrons. The number of piperidine rings is 1. The van der Waals surface area contributed by atoms with Gasteiger partial charge >= 0.3 is 5.97 Å². The van der Waals surface area contributed by atoms with Gasteiger partial charge in [-0.05, 0) is 24.7 Å². The predicted octanol–water partition coefficient (Wildman–Crippen LogP) is 2.14. The molecule has 1 aromatic heterocycles. The molecule has 1 fully saturated rings. The molecule has 1 aromatic rings. The molecule has 0 saturated carbocycles. The zero-order chi connectivity index (χ0) is 15.6. The van der Waals surface area contributed by atoms with Crippen molar-refractivity contribution in [1.82, 2.24) is 9.78 Å². The minimum atomic E-state index is -0.407. The van der Waals surface area contributed by atoms with E-state index in [-0.39, 0.29) is 0 Å². The van der Waals surface area contributed by atoms with Crippen molar-refractivity contribution in [2.24, 2.45) is 11.8 Å². The van der Waals surface area contributed by atoms with Gasteiger partial charge in [-0.25, -0.2) is 9.48 Å². The van der Waals surface area contributed by atoms with Crippen molar-refractivity contribution in [3.8, 4) is 0 Å². The number of methoxy groups -OCH3 is 1.